The highest BCUT2D eigenvalue weighted by Gasteiger charge is 2.23. The third-order valence-corrected chi connectivity index (χ3v) is 5.91. The lowest BCUT2D eigenvalue weighted by Gasteiger charge is -2.16. The van der Waals surface area contributed by atoms with Gasteiger partial charge in [0.1, 0.15) is 6.61 Å². The number of hydrogen-bond acceptors (Lipinski definition) is 7. The largest absolute Gasteiger partial charge is 0.481 e. The van der Waals surface area contributed by atoms with Gasteiger partial charge in [0.2, 0.25) is 5.88 Å². The van der Waals surface area contributed by atoms with Crippen molar-refractivity contribution >= 4 is 23.8 Å². The van der Waals surface area contributed by atoms with Gasteiger partial charge in [-0.2, -0.15) is 0 Å². The molecular formula is C22H17F2N3O5S. The Balaban J connectivity index is 1.57. The summed E-state index contributed by atoms with van der Waals surface area (Å²) in [6.45, 7) is -0.278. The monoisotopic (exact) mass is 473 g/mol. The number of aromatic nitrogens is 3. The summed E-state index contributed by atoms with van der Waals surface area (Å²) >= 11 is 1.12. The van der Waals surface area contributed by atoms with Gasteiger partial charge in [0.05, 0.1) is 24.2 Å². The summed E-state index contributed by atoms with van der Waals surface area (Å²) in [7, 11) is 1.48. The standard InChI is InChI=1S/C22H17F2N3O5S/c1-31-18-7-13(4-5-25-18)10-32-21(29)14-8-15-19(33-11-14)26-22(30)27(20(15)28)9-12-2-3-16(23)17(24)6-12/h2-8H,9-11H2,1H3,(H,26,30). The van der Waals surface area contributed by atoms with Crippen LogP contribution in [0.25, 0.3) is 6.08 Å². The lowest BCUT2D eigenvalue weighted by Crippen LogP contribution is -2.38. The molecule has 2 aromatic heterocycles. The van der Waals surface area contributed by atoms with Crippen molar-refractivity contribution in [3.63, 3.8) is 0 Å². The number of nitrogens with zero attached hydrogens (tertiary/aromatic N) is 2. The molecule has 0 aliphatic carbocycles. The molecule has 0 atom stereocenters. The van der Waals surface area contributed by atoms with E-state index in [2.05, 4.69) is 9.97 Å². The fraction of sp³-hybridized carbons (Fsp3) is 0.182. The minimum Gasteiger partial charge on any atom is -0.481 e. The summed E-state index contributed by atoms with van der Waals surface area (Å²) in [6.07, 6.45) is 2.90. The van der Waals surface area contributed by atoms with Crippen molar-refractivity contribution in [3.8, 4) is 5.88 Å². The van der Waals surface area contributed by atoms with Gasteiger partial charge in [-0.15, -0.1) is 11.8 Å². The van der Waals surface area contributed by atoms with Gasteiger partial charge in [-0.1, -0.05) is 6.07 Å². The van der Waals surface area contributed by atoms with Crippen LogP contribution in [-0.4, -0.2) is 33.4 Å². The van der Waals surface area contributed by atoms with Gasteiger partial charge in [0.15, 0.2) is 11.6 Å². The van der Waals surface area contributed by atoms with E-state index in [0.717, 1.165) is 28.5 Å². The molecule has 33 heavy (non-hydrogen) atoms. The number of hydrogen-bond donors (Lipinski definition) is 1. The van der Waals surface area contributed by atoms with Crippen molar-refractivity contribution in [2.75, 3.05) is 12.9 Å². The molecule has 3 aromatic rings. The summed E-state index contributed by atoms with van der Waals surface area (Å²) in [4.78, 5) is 44.5. The first-order valence-electron chi connectivity index (χ1n) is 9.66. The summed E-state index contributed by atoms with van der Waals surface area (Å²) in [5.41, 5.74) is -0.0703. The smallest absolute Gasteiger partial charge is 0.335 e. The van der Waals surface area contributed by atoms with Crippen LogP contribution in [0.3, 0.4) is 0 Å². The number of methoxy groups -OCH3 is 1. The van der Waals surface area contributed by atoms with Crippen LogP contribution in [-0.2, 0) is 22.7 Å². The third-order valence-electron chi connectivity index (χ3n) is 4.84. The predicted molar refractivity (Wildman–Crippen MR) is 116 cm³/mol. The number of pyridine rings is 1. The number of carbonyl (C=O) groups excluding carboxylic acids is 1. The van der Waals surface area contributed by atoms with Gasteiger partial charge in [0.25, 0.3) is 5.56 Å². The van der Waals surface area contributed by atoms with Crippen LogP contribution in [0.4, 0.5) is 8.78 Å². The number of thioether (sulfide) groups is 1. The molecule has 1 aromatic carbocycles. The highest BCUT2D eigenvalue weighted by molar-refractivity contribution is 7.99. The Morgan fingerprint density at radius 2 is 2.00 bits per heavy atom. The third kappa shape index (κ3) is 4.87. The van der Waals surface area contributed by atoms with Crippen molar-refractivity contribution in [2.24, 2.45) is 0 Å². The fourth-order valence-corrected chi connectivity index (χ4v) is 4.11. The van der Waals surface area contributed by atoms with E-state index < -0.39 is 28.9 Å². The molecule has 1 aliphatic heterocycles. The highest BCUT2D eigenvalue weighted by atomic mass is 32.2. The zero-order valence-corrected chi connectivity index (χ0v) is 18.1. The Hall–Kier alpha value is -3.73. The number of carbonyl (C=O) groups is 1. The SMILES string of the molecule is COc1cc(COC(=O)C2=Cc3c([nH]c(=O)n(Cc4ccc(F)c(F)c4)c3=O)SC2)ccn1. The lowest BCUT2D eigenvalue weighted by atomic mass is 10.2. The molecule has 0 saturated heterocycles. The normalized spacial score (nSPS) is 12.6. The number of rotatable bonds is 6. The Kier molecular flexibility index (Phi) is 6.40. The van der Waals surface area contributed by atoms with Crippen LogP contribution in [0.1, 0.15) is 16.7 Å². The number of esters is 1. The zero-order chi connectivity index (χ0) is 23.5. The maximum absolute atomic E-state index is 13.5. The lowest BCUT2D eigenvalue weighted by molar-refractivity contribution is -0.140. The number of nitrogens with one attached hydrogen (secondary N) is 1. The molecule has 3 heterocycles. The quantitative estimate of drug-likeness (QED) is 0.433. The summed E-state index contributed by atoms with van der Waals surface area (Å²) in [6, 6.07) is 6.43. The average Bonchev–Trinajstić information content (AvgIpc) is 2.82. The van der Waals surface area contributed by atoms with Gasteiger partial charge in [-0.3, -0.25) is 9.36 Å². The van der Waals surface area contributed by atoms with Gasteiger partial charge < -0.3 is 14.5 Å². The molecule has 170 valence electrons. The molecule has 11 heteroatoms. The van der Waals surface area contributed by atoms with E-state index in [1.54, 1.807) is 12.1 Å². The van der Waals surface area contributed by atoms with Crippen LogP contribution in [0, 0.1) is 11.6 Å². The summed E-state index contributed by atoms with van der Waals surface area (Å²) in [5.74, 6) is -2.13. The van der Waals surface area contributed by atoms with Crippen LogP contribution < -0.4 is 16.0 Å². The molecule has 0 bridgehead atoms. The number of H-pyrrole nitrogens is 1. The molecule has 4 rings (SSSR count). The molecule has 0 amide bonds. The highest BCUT2D eigenvalue weighted by Crippen LogP contribution is 2.28. The summed E-state index contributed by atoms with van der Waals surface area (Å²) in [5, 5.41) is 0.321. The summed E-state index contributed by atoms with van der Waals surface area (Å²) < 4.78 is 37.9. The fourth-order valence-electron chi connectivity index (χ4n) is 3.15. The van der Waals surface area contributed by atoms with Gasteiger partial charge in [-0.25, -0.2) is 23.4 Å². The minimum atomic E-state index is -1.08. The van der Waals surface area contributed by atoms with Crippen LogP contribution in [0.2, 0.25) is 0 Å². The first-order chi connectivity index (χ1) is 15.9. The second-order valence-electron chi connectivity index (χ2n) is 7.05. The van der Waals surface area contributed by atoms with Crippen molar-refractivity contribution < 1.29 is 23.0 Å². The number of benzene rings is 1. The van der Waals surface area contributed by atoms with E-state index in [0.29, 0.717) is 16.5 Å². The zero-order valence-electron chi connectivity index (χ0n) is 17.3. The molecule has 8 nitrogen and oxygen atoms in total. The number of ether oxygens (including phenoxy) is 2. The molecule has 1 N–H and O–H groups in total. The Labute approximate surface area is 189 Å². The van der Waals surface area contributed by atoms with E-state index in [1.165, 1.54) is 25.4 Å². The van der Waals surface area contributed by atoms with Crippen molar-refractivity contribution in [2.45, 2.75) is 18.2 Å². The molecule has 0 fully saturated rings. The maximum atomic E-state index is 13.5. The van der Waals surface area contributed by atoms with E-state index in [9.17, 15) is 23.2 Å². The first-order valence-corrected chi connectivity index (χ1v) is 10.6. The number of halogens is 2. The Morgan fingerprint density at radius 3 is 2.76 bits per heavy atom. The van der Waals surface area contributed by atoms with E-state index in [1.807, 2.05) is 0 Å². The van der Waals surface area contributed by atoms with Crippen molar-refractivity contribution in [3.05, 3.63) is 91.3 Å². The van der Waals surface area contributed by atoms with Gasteiger partial charge in [0, 0.05) is 23.6 Å². The topological polar surface area (TPSA) is 103 Å². The van der Waals surface area contributed by atoms with E-state index >= 15 is 0 Å². The molecule has 0 saturated carbocycles. The van der Waals surface area contributed by atoms with Gasteiger partial charge in [-0.05, 0) is 35.4 Å². The van der Waals surface area contributed by atoms with E-state index in [4.69, 9.17) is 9.47 Å². The van der Waals surface area contributed by atoms with Crippen molar-refractivity contribution in [1.29, 1.82) is 0 Å². The molecule has 0 spiro atoms. The second kappa shape index (κ2) is 9.41. The Bertz CT molecular complexity index is 1380. The second-order valence-corrected chi connectivity index (χ2v) is 8.04. The van der Waals surface area contributed by atoms with Crippen LogP contribution in [0.15, 0.2) is 56.7 Å². The minimum absolute atomic E-state index is 0.0153. The van der Waals surface area contributed by atoms with E-state index in [-0.39, 0.29) is 35.6 Å². The number of fused-ring (bicyclic) bond motifs is 1. The average molecular weight is 473 g/mol. The van der Waals surface area contributed by atoms with Gasteiger partial charge >= 0.3 is 11.7 Å². The molecule has 0 radical (unpaired) electrons. The molecule has 1 aliphatic rings. The number of aromatic amines is 1. The Morgan fingerprint density at radius 1 is 1.18 bits per heavy atom. The predicted octanol–water partition coefficient (Wildman–Crippen LogP) is 2.50. The molecular weight excluding hydrogens is 456 g/mol. The maximum Gasteiger partial charge on any atom is 0.335 e. The van der Waals surface area contributed by atoms with Crippen LogP contribution >= 0.6 is 11.8 Å². The first kappa shape index (κ1) is 22.5. The molecule has 0 unspecified atom stereocenters. The van der Waals surface area contributed by atoms with Crippen molar-refractivity contribution in [1.82, 2.24) is 14.5 Å². The van der Waals surface area contributed by atoms with Crippen LogP contribution in [0.5, 0.6) is 5.88 Å².